The fraction of sp³-hybridized carbons (Fsp3) is 0.360. The van der Waals surface area contributed by atoms with Crippen LogP contribution in [-0.2, 0) is 11.3 Å². The van der Waals surface area contributed by atoms with Gasteiger partial charge >= 0.3 is 6.03 Å². The van der Waals surface area contributed by atoms with Gasteiger partial charge in [0.2, 0.25) is 11.9 Å². The average molecular weight is 506 g/mol. The Hall–Kier alpha value is -4.35. The number of aryl methyl sites for hydroxylation is 2. The Morgan fingerprint density at radius 1 is 1.11 bits per heavy atom. The molecule has 192 valence electrons. The zero-order valence-corrected chi connectivity index (χ0v) is 20.7. The standard InChI is InChI=1S/C25H28FN9O2/c1-16-9-18(11-20(26)10-16)21-3-4-29-35(21)25(37)33-7-5-32(6-8-33)24-28-12-17(2)23(31-24)19-13-30-34(14-19)15-22(27)36/h4,9-14,21H,3,5-8,15H2,1-2H3,(H2,27,36). The highest BCUT2D eigenvalue weighted by Gasteiger charge is 2.33. The number of benzene rings is 1. The Bertz CT molecular complexity index is 1340. The Labute approximate surface area is 213 Å². The van der Waals surface area contributed by atoms with Crippen LogP contribution >= 0.6 is 0 Å². The van der Waals surface area contributed by atoms with Gasteiger partial charge in [-0.25, -0.2) is 24.2 Å². The predicted octanol–water partition coefficient (Wildman–Crippen LogP) is 2.26. The molecule has 12 heteroatoms. The molecule has 4 heterocycles. The third-order valence-corrected chi connectivity index (χ3v) is 6.49. The Kier molecular flexibility index (Phi) is 6.55. The van der Waals surface area contributed by atoms with Gasteiger partial charge in [0.05, 0.1) is 17.9 Å². The SMILES string of the molecule is Cc1cc(F)cc(C2CC=NN2C(=O)N2CCN(c3ncc(C)c(-c4cnn(CC(N)=O)c4)n3)CC2)c1. The van der Waals surface area contributed by atoms with E-state index in [1.165, 1.54) is 21.8 Å². The molecule has 1 saturated heterocycles. The first-order valence-corrected chi connectivity index (χ1v) is 12.1. The van der Waals surface area contributed by atoms with Crippen LogP contribution in [0.3, 0.4) is 0 Å². The van der Waals surface area contributed by atoms with E-state index in [0.29, 0.717) is 38.5 Å². The predicted molar refractivity (Wildman–Crippen MR) is 135 cm³/mol. The normalized spacial score (nSPS) is 17.5. The number of nitrogens with two attached hydrogens (primary N) is 1. The van der Waals surface area contributed by atoms with Gasteiger partial charge in [-0.05, 0) is 42.7 Å². The molecule has 0 bridgehead atoms. The van der Waals surface area contributed by atoms with Gasteiger partial charge in [0.15, 0.2) is 0 Å². The Morgan fingerprint density at radius 2 is 1.89 bits per heavy atom. The lowest BCUT2D eigenvalue weighted by molar-refractivity contribution is -0.118. The van der Waals surface area contributed by atoms with Gasteiger partial charge in [0.25, 0.3) is 0 Å². The summed E-state index contributed by atoms with van der Waals surface area (Å²) >= 11 is 0. The lowest BCUT2D eigenvalue weighted by Gasteiger charge is -2.37. The highest BCUT2D eigenvalue weighted by molar-refractivity contribution is 5.79. The fourth-order valence-corrected chi connectivity index (χ4v) is 4.68. The zero-order chi connectivity index (χ0) is 26.1. The maximum Gasteiger partial charge on any atom is 0.341 e. The minimum Gasteiger partial charge on any atom is -0.368 e. The lowest BCUT2D eigenvalue weighted by atomic mass is 10.0. The Morgan fingerprint density at radius 3 is 2.62 bits per heavy atom. The summed E-state index contributed by atoms with van der Waals surface area (Å²) in [6.07, 6.45) is 7.38. The van der Waals surface area contributed by atoms with E-state index in [1.54, 1.807) is 29.7 Å². The maximum atomic E-state index is 14.0. The molecule has 3 aromatic rings. The van der Waals surface area contributed by atoms with Crippen molar-refractivity contribution in [2.45, 2.75) is 32.9 Å². The Balaban J connectivity index is 1.26. The molecule has 0 radical (unpaired) electrons. The number of halogens is 1. The van der Waals surface area contributed by atoms with Crippen molar-refractivity contribution in [3.8, 4) is 11.3 Å². The number of urea groups is 1. The molecule has 0 aliphatic carbocycles. The second-order valence-corrected chi connectivity index (χ2v) is 9.31. The number of primary amides is 1. The molecule has 1 fully saturated rings. The number of hydrazone groups is 1. The minimum absolute atomic E-state index is 0.00623. The number of anilines is 1. The largest absolute Gasteiger partial charge is 0.368 e. The second-order valence-electron chi connectivity index (χ2n) is 9.31. The van der Waals surface area contributed by atoms with Crippen molar-refractivity contribution in [3.63, 3.8) is 0 Å². The van der Waals surface area contributed by atoms with Gasteiger partial charge in [-0.2, -0.15) is 10.2 Å². The summed E-state index contributed by atoms with van der Waals surface area (Å²) in [7, 11) is 0. The van der Waals surface area contributed by atoms with Crippen molar-refractivity contribution in [3.05, 3.63) is 59.3 Å². The highest BCUT2D eigenvalue weighted by atomic mass is 19.1. The molecule has 5 rings (SSSR count). The van der Waals surface area contributed by atoms with E-state index in [9.17, 15) is 14.0 Å². The first kappa shape index (κ1) is 24.3. The molecule has 0 saturated carbocycles. The molecule has 1 unspecified atom stereocenters. The van der Waals surface area contributed by atoms with Gasteiger partial charge in [-0.15, -0.1) is 0 Å². The summed E-state index contributed by atoms with van der Waals surface area (Å²) in [4.78, 5) is 37.5. The highest BCUT2D eigenvalue weighted by Crippen LogP contribution is 2.31. The molecule has 1 aromatic carbocycles. The first-order chi connectivity index (χ1) is 17.8. The molecular formula is C25H28FN9O2. The van der Waals surface area contributed by atoms with Crippen molar-refractivity contribution < 1.29 is 14.0 Å². The average Bonchev–Trinajstić information content (AvgIpc) is 3.53. The quantitative estimate of drug-likeness (QED) is 0.567. The number of hydrogen-bond acceptors (Lipinski definition) is 7. The number of amides is 3. The number of carbonyl (C=O) groups excluding carboxylic acids is 2. The molecular weight excluding hydrogens is 477 g/mol. The van der Waals surface area contributed by atoms with E-state index in [-0.39, 0.29) is 24.4 Å². The van der Waals surface area contributed by atoms with Crippen LogP contribution in [0.1, 0.15) is 29.2 Å². The van der Waals surface area contributed by atoms with Crippen LogP contribution in [0.15, 0.2) is 41.9 Å². The number of rotatable bonds is 5. The van der Waals surface area contributed by atoms with E-state index in [0.717, 1.165) is 27.9 Å². The van der Waals surface area contributed by atoms with Crippen LogP contribution in [0.5, 0.6) is 0 Å². The summed E-state index contributed by atoms with van der Waals surface area (Å²) in [6.45, 7) is 5.79. The van der Waals surface area contributed by atoms with Crippen molar-refractivity contribution in [2.24, 2.45) is 10.8 Å². The van der Waals surface area contributed by atoms with E-state index in [4.69, 9.17) is 10.7 Å². The molecule has 2 N–H and O–H groups in total. The molecule has 1 atom stereocenters. The molecule has 2 aromatic heterocycles. The van der Waals surface area contributed by atoms with Crippen LogP contribution in [0.2, 0.25) is 0 Å². The number of piperazine rings is 1. The third kappa shape index (κ3) is 5.13. The summed E-state index contributed by atoms with van der Waals surface area (Å²) in [5.74, 6) is -0.234. The summed E-state index contributed by atoms with van der Waals surface area (Å²) in [6, 6.07) is 4.31. The van der Waals surface area contributed by atoms with Crippen LogP contribution < -0.4 is 10.6 Å². The third-order valence-electron chi connectivity index (χ3n) is 6.49. The summed E-state index contributed by atoms with van der Waals surface area (Å²) in [5, 5.41) is 9.93. The topological polar surface area (TPSA) is 126 Å². The van der Waals surface area contributed by atoms with Crippen molar-refractivity contribution in [1.29, 1.82) is 0 Å². The molecule has 0 spiro atoms. The van der Waals surface area contributed by atoms with Crippen LogP contribution in [-0.4, -0.2) is 74.0 Å². The van der Waals surface area contributed by atoms with Gasteiger partial charge in [0.1, 0.15) is 12.4 Å². The van der Waals surface area contributed by atoms with Crippen molar-refractivity contribution >= 4 is 24.1 Å². The molecule has 2 aliphatic rings. The monoisotopic (exact) mass is 505 g/mol. The van der Waals surface area contributed by atoms with Gasteiger partial charge in [-0.1, -0.05) is 6.07 Å². The van der Waals surface area contributed by atoms with Crippen LogP contribution in [0.4, 0.5) is 15.1 Å². The number of carbonyl (C=O) groups is 2. The van der Waals surface area contributed by atoms with Gasteiger partial charge < -0.3 is 15.5 Å². The summed E-state index contributed by atoms with van der Waals surface area (Å²) in [5.41, 5.74) is 9.17. The first-order valence-electron chi connectivity index (χ1n) is 12.1. The molecule has 3 amide bonds. The van der Waals surface area contributed by atoms with Crippen molar-refractivity contribution in [2.75, 3.05) is 31.1 Å². The van der Waals surface area contributed by atoms with E-state index in [1.807, 2.05) is 24.8 Å². The van der Waals surface area contributed by atoms with Crippen LogP contribution in [0.25, 0.3) is 11.3 Å². The summed E-state index contributed by atoms with van der Waals surface area (Å²) < 4.78 is 15.5. The van der Waals surface area contributed by atoms with E-state index < -0.39 is 5.91 Å². The molecule has 37 heavy (non-hydrogen) atoms. The zero-order valence-electron chi connectivity index (χ0n) is 20.7. The van der Waals surface area contributed by atoms with Gasteiger partial charge in [0, 0.05) is 56.8 Å². The number of aromatic nitrogens is 4. The van der Waals surface area contributed by atoms with E-state index in [2.05, 4.69) is 15.2 Å². The second kappa shape index (κ2) is 9.96. The minimum atomic E-state index is -0.473. The van der Waals surface area contributed by atoms with Crippen LogP contribution in [0, 0.1) is 19.7 Å². The van der Waals surface area contributed by atoms with Crippen molar-refractivity contribution in [1.82, 2.24) is 29.7 Å². The molecule has 2 aliphatic heterocycles. The fourth-order valence-electron chi connectivity index (χ4n) is 4.68. The molecule has 11 nitrogen and oxygen atoms in total. The number of nitrogens with zero attached hydrogens (tertiary/aromatic N) is 8. The van der Waals surface area contributed by atoms with Gasteiger partial charge in [-0.3, -0.25) is 9.48 Å². The lowest BCUT2D eigenvalue weighted by Crippen LogP contribution is -2.52. The van der Waals surface area contributed by atoms with E-state index >= 15 is 0 Å². The maximum absolute atomic E-state index is 14.0. The number of hydrogen-bond donors (Lipinski definition) is 1. The smallest absolute Gasteiger partial charge is 0.341 e.